The van der Waals surface area contributed by atoms with Crippen LogP contribution in [0, 0.1) is 0 Å². The number of phenolic OH excluding ortho intramolecular Hbond substituents is 1. The number of phenols is 1. The zero-order valence-electron chi connectivity index (χ0n) is 19.2. The Balaban J connectivity index is 1.43. The number of amides is 1. The fraction of sp³-hybridized carbons (Fsp3) is 0.0400. The Bertz CT molecular complexity index is 1830. The second-order valence-corrected chi connectivity index (χ2v) is 11.8. The molecule has 1 atom stereocenters. The number of anilines is 1. The number of aromatic amines is 2. The summed E-state index contributed by atoms with van der Waals surface area (Å²) in [5.74, 6) is -1.84. The Morgan fingerprint density at radius 3 is 2.57 bits per heavy atom. The number of hydrogen-bond donors (Lipinski definition) is 5. The molecule has 2 heterocycles. The topological polar surface area (TPSA) is 174 Å². The van der Waals surface area contributed by atoms with E-state index in [0.717, 1.165) is 18.2 Å². The molecule has 3 aromatic carbocycles. The Morgan fingerprint density at radius 2 is 1.78 bits per heavy atom. The molecule has 0 bridgehead atoms. The normalized spacial score (nSPS) is 12.8. The minimum absolute atomic E-state index is 0.00924. The van der Waals surface area contributed by atoms with Crippen LogP contribution in [0.2, 0.25) is 0 Å². The summed E-state index contributed by atoms with van der Waals surface area (Å²) in [5, 5.41) is 12.7. The molecule has 5 aromatic rings. The van der Waals surface area contributed by atoms with Crippen molar-refractivity contribution in [2.24, 2.45) is 0 Å². The van der Waals surface area contributed by atoms with Gasteiger partial charge in [0, 0.05) is 0 Å². The van der Waals surface area contributed by atoms with Gasteiger partial charge in [-0.05, 0) is 0 Å². The van der Waals surface area contributed by atoms with Crippen molar-refractivity contribution in [3.8, 4) is 17.1 Å². The SMILES string of the molecule is CC(=O)Nc1cc([As](=O)(O)OC(=O)c2ccc3[nH]c(-c4nc5ccccc5[nH]c4=O)cc3c2)ccc1O. The number of fused-ring (bicyclic) bond motifs is 2. The molecule has 0 fully saturated rings. The van der Waals surface area contributed by atoms with E-state index in [-0.39, 0.29) is 32.6 Å². The van der Waals surface area contributed by atoms with Crippen molar-refractivity contribution >= 4 is 58.0 Å². The predicted octanol–water partition coefficient (Wildman–Crippen LogP) is 2.16. The number of rotatable bonds is 5. The number of H-pyrrole nitrogens is 2. The zero-order chi connectivity index (χ0) is 26.3. The molecule has 1 unspecified atom stereocenters. The molecule has 0 spiro atoms. The minimum atomic E-state index is -5.41. The fourth-order valence-electron chi connectivity index (χ4n) is 3.81. The first-order chi connectivity index (χ1) is 17.6. The van der Waals surface area contributed by atoms with E-state index >= 15 is 0 Å². The van der Waals surface area contributed by atoms with Crippen LogP contribution in [0.4, 0.5) is 5.69 Å². The first-order valence-electron chi connectivity index (χ1n) is 10.9. The number of para-hydroxylation sites is 2. The van der Waals surface area contributed by atoms with Crippen molar-refractivity contribution in [3.63, 3.8) is 0 Å². The molecule has 37 heavy (non-hydrogen) atoms. The van der Waals surface area contributed by atoms with Gasteiger partial charge in [-0.25, -0.2) is 0 Å². The molecule has 2 aromatic heterocycles. The molecule has 1 amide bonds. The van der Waals surface area contributed by atoms with Gasteiger partial charge in [0.25, 0.3) is 0 Å². The van der Waals surface area contributed by atoms with Crippen LogP contribution in [-0.4, -0.2) is 50.2 Å². The number of carbonyl (C=O) groups is 2. The van der Waals surface area contributed by atoms with E-state index in [2.05, 4.69) is 20.3 Å². The van der Waals surface area contributed by atoms with Crippen molar-refractivity contribution < 1.29 is 26.3 Å². The molecular formula is C25H19AsN4O7. The Hall–Kier alpha value is -4.60. The Kier molecular flexibility index (Phi) is 5.94. The van der Waals surface area contributed by atoms with E-state index in [0.29, 0.717) is 27.6 Å². The second kappa shape index (κ2) is 9.12. The number of carbonyl (C=O) groups excluding carboxylic acids is 2. The third-order valence-corrected chi connectivity index (χ3v) is 8.35. The van der Waals surface area contributed by atoms with Gasteiger partial charge in [-0.2, -0.15) is 0 Å². The first kappa shape index (κ1) is 24.1. The number of nitrogens with zero attached hydrogens (tertiary/aromatic N) is 1. The van der Waals surface area contributed by atoms with Crippen LogP contribution in [0.25, 0.3) is 33.3 Å². The molecule has 0 aliphatic heterocycles. The first-order valence-corrected chi connectivity index (χ1v) is 14.2. The molecule has 0 aliphatic rings. The molecular weight excluding hydrogens is 543 g/mol. The standard InChI is InChI=1S/C25H19AsN4O7/c1-13(31)27-20-12-16(7-9-22(20)32)26(35,36)37-25(34)14-6-8-17-15(10-14)11-21(28-17)23-24(33)30-19-5-3-2-4-18(19)29-23/h2-12,28,32H,1H3,(H,27,31)(H,30,33)(H,35,36). The number of hydrogen-bond acceptors (Lipinski definition) is 7. The van der Waals surface area contributed by atoms with E-state index in [9.17, 15) is 27.3 Å². The molecule has 0 aliphatic carbocycles. The van der Waals surface area contributed by atoms with Crippen LogP contribution in [0.1, 0.15) is 17.3 Å². The van der Waals surface area contributed by atoms with Crippen LogP contribution < -0.4 is 15.2 Å². The second-order valence-electron chi connectivity index (χ2n) is 8.20. The third kappa shape index (κ3) is 4.77. The summed E-state index contributed by atoms with van der Waals surface area (Å²) >= 11 is -5.41. The predicted molar refractivity (Wildman–Crippen MR) is 136 cm³/mol. The quantitative estimate of drug-likeness (QED) is 0.160. The Morgan fingerprint density at radius 1 is 1.00 bits per heavy atom. The van der Waals surface area contributed by atoms with E-state index < -0.39 is 26.0 Å². The molecule has 12 heteroatoms. The molecule has 5 N–H and O–H groups in total. The number of aromatic nitrogens is 3. The monoisotopic (exact) mass is 562 g/mol. The van der Waals surface area contributed by atoms with Gasteiger partial charge in [0.05, 0.1) is 0 Å². The van der Waals surface area contributed by atoms with Gasteiger partial charge in [0.15, 0.2) is 0 Å². The Labute approximate surface area is 211 Å². The van der Waals surface area contributed by atoms with Gasteiger partial charge in [-0.15, -0.1) is 0 Å². The fourth-order valence-corrected chi connectivity index (χ4v) is 5.89. The van der Waals surface area contributed by atoms with Crippen molar-refractivity contribution in [1.82, 2.24) is 15.0 Å². The van der Waals surface area contributed by atoms with Gasteiger partial charge in [-0.1, -0.05) is 6.07 Å². The van der Waals surface area contributed by atoms with Crippen molar-refractivity contribution in [1.29, 1.82) is 0 Å². The summed E-state index contributed by atoms with van der Waals surface area (Å²) in [7, 11) is 0. The van der Waals surface area contributed by atoms with Crippen LogP contribution in [0.15, 0.2) is 71.5 Å². The maximum atomic E-state index is 12.9. The molecule has 186 valence electrons. The van der Waals surface area contributed by atoms with E-state index in [1.807, 2.05) is 0 Å². The molecule has 5 rings (SSSR count). The van der Waals surface area contributed by atoms with Crippen molar-refractivity contribution in [2.45, 2.75) is 6.92 Å². The van der Waals surface area contributed by atoms with Gasteiger partial charge in [-0.3, -0.25) is 0 Å². The average Bonchev–Trinajstić information content (AvgIpc) is 3.27. The number of nitrogens with one attached hydrogen (secondary N) is 3. The van der Waals surface area contributed by atoms with Gasteiger partial charge in [0.2, 0.25) is 0 Å². The average molecular weight is 562 g/mol. The molecule has 11 nitrogen and oxygen atoms in total. The summed E-state index contributed by atoms with van der Waals surface area (Å²) in [6.45, 7) is 1.21. The maximum absolute atomic E-state index is 12.9. The summed E-state index contributed by atoms with van der Waals surface area (Å²) in [4.78, 5) is 46.9. The molecule has 0 saturated heterocycles. The molecule has 0 saturated carbocycles. The summed E-state index contributed by atoms with van der Waals surface area (Å²) in [5.41, 5.74) is 1.95. The molecule has 0 radical (unpaired) electrons. The summed E-state index contributed by atoms with van der Waals surface area (Å²) in [6, 6.07) is 16.6. The van der Waals surface area contributed by atoms with E-state index in [1.165, 1.54) is 19.1 Å². The number of benzene rings is 3. The van der Waals surface area contributed by atoms with Crippen molar-refractivity contribution in [2.75, 3.05) is 5.32 Å². The van der Waals surface area contributed by atoms with Gasteiger partial charge < -0.3 is 0 Å². The van der Waals surface area contributed by atoms with Crippen LogP contribution in [0.5, 0.6) is 5.75 Å². The van der Waals surface area contributed by atoms with E-state index in [4.69, 9.17) is 3.73 Å². The van der Waals surface area contributed by atoms with E-state index in [1.54, 1.807) is 36.4 Å². The number of aromatic hydroxyl groups is 1. The van der Waals surface area contributed by atoms with Crippen LogP contribution in [0.3, 0.4) is 0 Å². The van der Waals surface area contributed by atoms with Gasteiger partial charge in [0.1, 0.15) is 0 Å². The van der Waals surface area contributed by atoms with Gasteiger partial charge >= 0.3 is 205 Å². The summed E-state index contributed by atoms with van der Waals surface area (Å²) in [6.07, 6.45) is 0. The van der Waals surface area contributed by atoms with Crippen molar-refractivity contribution in [3.05, 3.63) is 82.6 Å². The summed E-state index contributed by atoms with van der Waals surface area (Å²) < 4.78 is 28.1. The third-order valence-electron chi connectivity index (χ3n) is 5.53. The van der Waals surface area contributed by atoms with Crippen LogP contribution in [-0.2, 0) is 12.3 Å². The van der Waals surface area contributed by atoms with Crippen LogP contribution >= 0.6 is 0 Å². The zero-order valence-corrected chi connectivity index (χ0v) is 21.1.